The third kappa shape index (κ3) is 4.38. The zero-order chi connectivity index (χ0) is 16.8. The van der Waals surface area contributed by atoms with E-state index in [-0.39, 0.29) is 22.9 Å². The number of hydrogen-bond donors (Lipinski definition) is 2. The first kappa shape index (κ1) is 17.6. The van der Waals surface area contributed by atoms with Crippen molar-refractivity contribution in [3.63, 3.8) is 0 Å². The molecule has 122 valence electrons. The largest absolute Gasteiger partial charge is 0.494 e. The number of nitrogens with one attached hydrogen (secondary N) is 1. The minimum Gasteiger partial charge on any atom is -0.494 e. The Kier molecular flexibility index (Phi) is 6.28. The molecule has 0 radical (unpaired) electrons. The second-order valence-corrected chi connectivity index (χ2v) is 5.79. The van der Waals surface area contributed by atoms with Crippen LogP contribution in [-0.2, 0) is 6.42 Å². The second-order valence-electron chi connectivity index (χ2n) is 4.98. The summed E-state index contributed by atoms with van der Waals surface area (Å²) in [5.74, 6) is -0.225. The molecule has 2 aromatic rings. The summed E-state index contributed by atoms with van der Waals surface area (Å²) in [6, 6.07) is 12.2. The van der Waals surface area contributed by atoms with Crippen LogP contribution in [0.25, 0.3) is 0 Å². The number of carbonyl (C=O) groups excluding carboxylic acids is 1. The van der Waals surface area contributed by atoms with E-state index in [4.69, 9.17) is 27.9 Å². The smallest absolute Gasteiger partial charge is 0.256 e. The number of methoxy groups -OCH3 is 1. The van der Waals surface area contributed by atoms with Crippen molar-refractivity contribution in [2.75, 3.05) is 13.7 Å². The molecule has 2 rings (SSSR count). The van der Waals surface area contributed by atoms with Gasteiger partial charge in [-0.3, -0.25) is 4.79 Å². The molecule has 0 heterocycles. The van der Waals surface area contributed by atoms with E-state index in [0.717, 1.165) is 5.56 Å². The molecule has 0 fully saturated rings. The van der Waals surface area contributed by atoms with Gasteiger partial charge in [-0.15, -0.1) is 0 Å². The first-order valence-corrected chi connectivity index (χ1v) is 7.80. The van der Waals surface area contributed by atoms with E-state index in [1.807, 2.05) is 30.3 Å². The van der Waals surface area contributed by atoms with Gasteiger partial charge >= 0.3 is 0 Å². The lowest BCUT2D eigenvalue weighted by Gasteiger charge is -2.18. The van der Waals surface area contributed by atoms with E-state index < -0.39 is 11.9 Å². The summed E-state index contributed by atoms with van der Waals surface area (Å²) in [4.78, 5) is 12.5. The van der Waals surface area contributed by atoms with Crippen LogP contribution in [0, 0.1) is 0 Å². The van der Waals surface area contributed by atoms with Crippen LogP contribution >= 0.6 is 23.2 Å². The second kappa shape index (κ2) is 8.20. The normalized spacial score (nSPS) is 11.8. The van der Waals surface area contributed by atoms with Gasteiger partial charge in [0.2, 0.25) is 0 Å². The summed E-state index contributed by atoms with van der Waals surface area (Å²) >= 11 is 12.1. The van der Waals surface area contributed by atoms with E-state index in [9.17, 15) is 9.90 Å². The Hall–Kier alpha value is -1.75. The van der Waals surface area contributed by atoms with Crippen LogP contribution in [-0.4, -0.2) is 30.8 Å². The summed E-state index contributed by atoms with van der Waals surface area (Å²) in [5, 5.41) is 12.8. The van der Waals surface area contributed by atoms with Gasteiger partial charge in [-0.05, 0) is 24.1 Å². The van der Waals surface area contributed by atoms with Crippen LogP contribution in [0.5, 0.6) is 5.75 Å². The van der Waals surface area contributed by atoms with E-state index >= 15 is 0 Å². The van der Waals surface area contributed by atoms with E-state index in [1.165, 1.54) is 13.2 Å². The first-order valence-electron chi connectivity index (χ1n) is 7.04. The Morgan fingerprint density at radius 1 is 1.17 bits per heavy atom. The number of amides is 1. The third-order valence-electron chi connectivity index (χ3n) is 3.37. The van der Waals surface area contributed by atoms with Crippen LogP contribution < -0.4 is 10.1 Å². The molecule has 1 atom stereocenters. The number of benzene rings is 2. The van der Waals surface area contributed by atoms with E-state index in [0.29, 0.717) is 11.4 Å². The highest BCUT2D eigenvalue weighted by Gasteiger charge is 2.22. The Bertz CT molecular complexity index is 677. The highest BCUT2D eigenvalue weighted by Crippen LogP contribution is 2.33. The number of aliphatic hydroxyl groups is 1. The van der Waals surface area contributed by atoms with Gasteiger partial charge in [0.25, 0.3) is 5.91 Å². The number of ether oxygens (including phenoxy) is 1. The molecule has 4 nitrogen and oxygen atoms in total. The summed E-state index contributed by atoms with van der Waals surface area (Å²) < 4.78 is 5.17. The van der Waals surface area contributed by atoms with Crippen LogP contribution in [0.2, 0.25) is 10.0 Å². The van der Waals surface area contributed by atoms with Gasteiger partial charge < -0.3 is 15.2 Å². The maximum absolute atomic E-state index is 12.5. The molecular formula is C17H17Cl2NO3. The molecule has 0 aliphatic carbocycles. The van der Waals surface area contributed by atoms with Crippen molar-refractivity contribution in [3.8, 4) is 5.75 Å². The lowest BCUT2D eigenvalue weighted by atomic mass is 10.1. The number of hydrogen-bond acceptors (Lipinski definition) is 3. The standard InChI is InChI=1S/C17H17Cl2NO3/c1-23-16-14(19)8-7-13(18)15(16)17(22)20-12(10-21)9-11-5-3-2-4-6-11/h2-8,12,21H,9-10H2,1H3,(H,20,22). The van der Waals surface area contributed by atoms with Gasteiger partial charge in [0, 0.05) is 0 Å². The Balaban J connectivity index is 2.19. The minimum absolute atomic E-state index is 0.160. The van der Waals surface area contributed by atoms with E-state index in [2.05, 4.69) is 5.32 Å². The molecule has 0 saturated heterocycles. The number of halogens is 2. The van der Waals surface area contributed by atoms with Gasteiger partial charge in [-0.25, -0.2) is 0 Å². The minimum atomic E-state index is -0.440. The van der Waals surface area contributed by atoms with Gasteiger partial charge in [0.1, 0.15) is 5.56 Å². The molecule has 0 spiro atoms. The zero-order valence-electron chi connectivity index (χ0n) is 12.6. The van der Waals surface area contributed by atoms with Gasteiger partial charge in [-0.1, -0.05) is 53.5 Å². The van der Waals surface area contributed by atoms with Crippen molar-refractivity contribution in [3.05, 3.63) is 63.6 Å². The zero-order valence-corrected chi connectivity index (χ0v) is 14.1. The average Bonchev–Trinajstić information content (AvgIpc) is 2.56. The summed E-state index contributed by atoms with van der Waals surface area (Å²) in [6.07, 6.45) is 0.504. The van der Waals surface area contributed by atoms with Crippen LogP contribution in [0.4, 0.5) is 0 Å². The fourth-order valence-electron chi connectivity index (χ4n) is 2.26. The number of rotatable bonds is 6. The van der Waals surface area contributed by atoms with Crippen LogP contribution in [0.1, 0.15) is 15.9 Å². The fourth-order valence-corrected chi connectivity index (χ4v) is 2.73. The van der Waals surface area contributed by atoms with Crippen molar-refractivity contribution in [2.45, 2.75) is 12.5 Å². The third-order valence-corrected chi connectivity index (χ3v) is 3.98. The molecule has 0 saturated carbocycles. The molecule has 2 N–H and O–H groups in total. The van der Waals surface area contributed by atoms with Crippen molar-refractivity contribution in [1.82, 2.24) is 5.32 Å². The molecule has 0 aromatic heterocycles. The monoisotopic (exact) mass is 353 g/mol. The van der Waals surface area contributed by atoms with Gasteiger partial charge in [-0.2, -0.15) is 0 Å². The van der Waals surface area contributed by atoms with Gasteiger partial charge in [0.15, 0.2) is 5.75 Å². The Morgan fingerprint density at radius 3 is 2.43 bits per heavy atom. The highest BCUT2D eigenvalue weighted by molar-refractivity contribution is 6.37. The molecule has 0 aliphatic heterocycles. The topological polar surface area (TPSA) is 58.6 Å². The molecule has 23 heavy (non-hydrogen) atoms. The maximum Gasteiger partial charge on any atom is 0.256 e. The molecule has 0 aliphatic rings. The maximum atomic E-state index is 12.5. The molecule has 6 heteroatoms. The first-order chi connectivity index (χ1) is 11.1. The molecular weight excluding hydrogens is 337 g/mol. The quantitative estimate of drug-likeness (QED) is 0.837. The van der Waals surface area contributed by atoms with Crippen molar-refractivity contribution in [2.24, 2.45) is 0 Å². The molecule has 2 aromatic carbocycles. The number of aliphatic hydroxyl groups excluding tert-OH is 1. The summed E-state index contributed by atoms with van der Waals surface area (Å²) in [7, 11) is 1.42. The Morgan fingerprint density at radius 2 is 1.83 bits per heavy atom. The fraction of sp³-hybridized carbons (Fsp3) is 0.235. The molecule has 1 amide bonds. The van der Waals surface area contributed by atoms with Crippen LogP contribution in [0.15, 0.2) is 42.5 Å². The highest BCUT2D eigenvalue weighted by atomic mass is 35.5. The summed E-state index contributed by atoms with van der Waals surface area (Å²) in [5.41, 5.74) is 1.17. The van der Waals surface area contributed by atoms with Crippen molar-refractivity contribution in [1.29, 1.82) is 0 Å². The SMILES string of the molecule is COc1c(Cl)ccc(Cl)c1C(=O)NC(CO)Cc1ccccc1. The number of carbonyl (C=O) groups is 1. The predicted molar refractivity (Wildman–Crippen MR) is 91.5 cm³/mol. The average molecular weight is 354 g/mol. The lowest BCUT2D eigenvalue weighted by molar-refractivity contribution is 0.0913. The summed E-state index contributed by atoms with van der Waals surface area (Å²) in [6.45, 7) is -0.193. The Labute approximate surface area is 145 Å². The van der Waals surface area contributed by atoms with Crippen molar-refractivity contribution >= 4 is 29.1 Å². The van der Waals surface area contributed by atoms with E-state index in [1.54, 1.807) is 6.07 Å². The van der Waals surface area contributed by atoms with Crippen molar-refractivity contribution < 1.29 is 14.6 Å². The van der Waals surface area contributed by atoms with Crippen LogP contribution in [0.3, 0.4) is 0 Å². The molecule has 1 unspecified atom stereocenters. The van der Waals surface area contributed by atoms with Gasteiger partial charge in [0.05, 0.1) is 29.8 Å². The molecule has 0 bridgehead atoms. The lowest BCUT2D eigenvalue weighted by Crippen LogP contribution is -2.39. The predicted octanol–water partition coefficient (Wildman–Crippen LogP) is 3.34.